The number of rotatable bonds is 7. The SMILES string of the molecule is O=C(NCCCc1ccccc1)C1CCN(Cc2ccc(Cl)c(Cl)c2)CC1. The van der Waals surface area contributed by atoms with Gasteiger partial charge in [-0.1, -0.05) is 59.6 Å². The molecule has 1 heterocycles. The second-order valence-electron chi connectivity index (χ2n) is 7.18. The summed E-state index contributed by atoms with van der Waals surface area (Å²) in [6.07, 6.45) is 3.80. The lowest BCUT2D eigenvalue weighted by molar-refractivity contribution is -0.126. The van der Waals surface area contributed by atoms with Gasteiger partial charge in [-0.05, 0) is 62.0 Å². The van der Waals surface area contributed by atoms with E-state index in [2.05, 4.69) is 34.5 Å². The average molecular weight is 405 g/mol. The lowest BCUT2D eigenvalue weighted by atomic mass is 9.95. The minimum atomic E-state index is 0.131. The van der Waals surface area contributed by atoms with Crippen LogP contribution in [0.25, 0.3) is 0 Å². The number of carbonyl (C=O) groups is 1. The maximum absolute atomic E-state index is 12.4. The van der Waals surface area contributed by atoms with Crippen LogP contribution < -0.4 is 5.32 Å². The summed E-state index contributed by atoms with van der Waals surface area (Å²) in [5, 5.41) is 4.29. The Balaban J connectivity index is 1.35. The van der Waals surface area contributed by atoms with Gasteiger partial charge in [0.1, 0.15) is 0 Å². The highest BCUT2D eigenvalue weighted by molar-refractivity contribution is 6.42. The third kappa shape index (κ3) is 6.24. The molecule has 0 aliphatic carbocycles. The van der Waals surface area contributed by atoms with Gasteiger partial charge < -0.3 is 5.32 Å². The number of hydrogen-bond acceptors (Lipinski definition) is 2. The van der Waals surface area contributed by atoms with Gasteiger partial charge in [0.05, 0.1) is 10.0 Å². The zero-order valence-corrected chi connectivity index (χ0v) is 17.0. The van der Waals surface area contributed by atoms with Crippen molar-refractivity contribution < 1.29 is 4.79 Å². The van der Waals surface area contributed by atoms with Crippen molar-refractivity contribution in [1.82, 2.24) is 10.2 Å². The Kier molecular flexibility index (Phi) is 7.57. The molecule has 1 aliphatic heterocycles. The third-order valence-corrected chi connectivity index (χ3v) is 5.87. The fourth-order valence-electron chi connectivity index (χ4n) is 3.54. The summed E-state index contributed by atoms with van der Waals surface area (Å²) < 4.78 is 0. The Labute approximate surface area is 171 Å². The summed E-state index contributed by atoms with van der Waals surface area (Å²) >= 11 is 12.1. The van der Waals surface area contributed by atoms with E-state index >= 15 is 0 Å². The van der Waals surface area contributed by atoms with Gasteiger partial charge in [0.25, 0.3) is 0 Å². The molecule has 1 amide bonds. The number of nitrogens with zero attached hydrogens (tertiary/aromatic N) is 1. The van der Waals surface area contributed by atoms with Crippen LogP contribution in [0.2, 0.25) is 10.0 Å². The van der Waals surface area contributed by atoms with Crippen LogP contribution in [0.5, 0.6) is 0 Å². The molecule has 1 fully saturated rings. The fourth-order valence-corrected chi connectivity index (χ4v) is 3.86. The Morgan fingerprint density at radius 2 is 1.74 bits per heavy atom. The Morgan fingerprint density at radius 3 is 2.44 bits per heavy atom. The van der Waals surface area contributed by atoms with Gasteiger partial charge in [-0.2, -0.15) is 0 Å². The number of carbonyl (C=O) groups excluding carboxylic acids is 1. The van der Waals surface area contributed by atoms with Crippen LogP contribution >= 0.6 is 23.2 Å². The van der Waals surface area contributed by atoms with Crippen molar-refractivity contribution in [3.63, 3.8) is 0 Å². The van der Waals surface area contributed by atoms with Crippen LogP contribution in [0, 0.1) is 5.92 Å². The molecule has 3 rings (SSSR count). The van der Waals surface area contributed by atoms with Gasteiger partial charge >= 0.3 is 0 Å². The minimum absolute atomic E-state index is 0.131. The topological polar surface area (TPSA) is 32.3 Å². The molecule has 1 saturated heterocycles. The van der Waals surface area contributed by atoms with E-state index in [1.165, 1.54) is 5.56 Å². The summed E-state index contributed by atoms with van der Waals surface area (Å²) in [4.78, 5) is 14.8. The molecular formula is C22H26Cl2N2O. The molecule has 0 atom stereocenters. The first-order valence-corrected chi connectivity index (χ1v) is 10.4. The molecule has 0 bridgehead atoms. The molecule has 1 N–H and O–H groups in total. The summed E-state index contributed by atoms with van der Waals surface area (Å²) in [6.45, 7) is 3.46. The van der Waals surface area contributed by atoms with Crippen molar-refractivity contribution in [2.24, 2.45) is 5.92 Å². The largest absolute Gasteiger partial charge is 0.356 e. The van der Waals surface area contributed by atoms with E-state index in [-0.39, 0.29) is 11.8 Å². The lowest BCUT2D eigenvalue weighted by Crippen LogP contribution is -2.40. The fraction of sp³-hybridized carbons (Fsp3) is 0.409. The van der Waals surface area contributed by atoms with Crippen molar-refractivity contribution in [1.29, 1.82) is 0 Å². The molecule has 0 spiro atoms. The van der Waals surface area contributed by atoms with Crippen LogP contribution in [-0.2, 0) is 17.8 Å². The molecule has 0 aromatic heterocycles. The highest BCUT2D eigenvalue weighted by Crippen LogP contribution is 2.25. The van der Waals surface area contributed by atoms with E-state index in [9.17, 15) is 4.79 Å². The summed E-state index contributed by atoms with van der Waals surface area (Å²) in [5.41, 5.74) is 2.48. The number of hydrogen-bond donors (Lipinski definition) is 1. The number of benzene rings is 2. The maximum Gasteiger partial charge on any atom is 0.223 e. The van der Waals surface area contributed by atoms with Crippen molar-refractivity contribution in [3.8, 4) is 0 Å². The number of nitrogens with one attached hydrogen (secondary N) is 1. The maximum atomic E-state index is 12.4. The zero-order chi connectivity index (χ0) is 19.1. The van der Waals surface area contributed by atoms with E-state index in [0.29, 0.717) is 10.0 Å². The first-order chi connectivity index (χ1) is 13.1. The summed E-state index contributed by atoms with van der Waals surface area (Å²) in [7, 11) is 0. The predicted molar refractivity (Wildman–Crippen MR) is 112 cm³/mol. The smallest absolute Gasteiger partial charge is 0.223 e. The minimum Gasteiger partial charge on any atom is -0.356 e. The molecule has 0 unspecified atom stereocenters. The van der Waals surface area contributed by atoms with Crippen molar-refractivity contribution in [2.45, 2.75) is 32.2 Å². The van der Waals surface area contributed by atoms with Crippen LogP contribution in [0.1, 0.15) is 30.4 Å². The Hall–Kier alpha value is -1.55. The van der Waals surface area contributed by atoms with Crippen molar-refractivity contribution in [3.05, 3.63) is 69.7 Å². The molecular weight excluding hydrogens is 379 g/mol. The summed E-state index contributed by atoms with van der Waals surface area (Å²) in [5.74, 6) is 0.337. The zero-order valence-electron chi connectivity index (χ0n) is 15.5. The van der Waals surface area contributed by atoms with Crippen LogP contribution in [0.15, 0.2) is 48.5 Å². The molecule has 27 heavy (non-hydrogen) atoms. The monoisotopic (exact) mass is 404 g/mol. The second kappa shape index (κ2) is 10.1. The number of likely N-dealkylation sites (tertiary alicyclic amines) is 1. The summed E-state index contributed by atoms with van der Waals surface area (Å²) in [6, 6.07) is 16.2. The standard InChI is InChI=1S/C22H26Cl2N2O/c23-20-9-8-18(15-21(20)24)16-26-13-10-19(11-14-26)22(27)25-12-4-7-17-5-2-1-3-6-17/h1-3,5-6,8-9,15,19H,4,7,10-14,16H2,(H,25,27). The molecule has 144 valence electrons. The van der Waals surface area contributed by atoms with Crippen LogP contribution in [-0.4, -0.2) is 30.4 Å². The lowest BCUT2D eigenvalue weighted by Gasteiger charge is -2.31. The average Bonchev–Trinajstić information content (AvgIpc) is 2.69. The molecule has 2 aromatic rings. The molecule has 2 aromatic carbocycles. The number of halogens is 2. The van der Waals surface area contributed by atoms with Gasteiger partial charge in [-0.25, -0.2) is 0 Å². The van der Waals surface area contributed by atoms with Gasteiger partial charge in [-0.3, -0.25) is 9.69 Å². The second-order valence-corrected chi connectivity index (χ2v) is 7.99. The van der Waals surface area contributed by atoms with E-state index in [4.69, 9.17) is 23.2 Å². The Morgan fingerprint density at radius 1 is 1.00 bits per heavy atom. The van der Waals surface area contributed by atoms with E-state index in [1.807, 2.05) is 24.3 Å². The van der Waals surface area contributed by atoms with E-state index in [1.54, 1.807) is 0 Å². The van der Waals surface area contributed by atoms with E-state index < -0.39 is 0 Å². The van der Waals surface area contributed by atoms with E-state index in [0.717, 1.165) is 57.4 Å². The number of piperidine rings is 1. The van der Waals surface area contributed by atoms with Gasteiger partial charge in [0.2, 0.25) is 5.91 Å². The van der Waals surface area contributed by atoms with Gasteiger partial charge in [-0.15, -0.1) is 0 Å². The number of aryl methyl sites for hydroxylation is 1. The number of amides is 1. The van der Waals surface area contributed by atoms with Crippen LogP contribution in [0.4, 0.5) is 0 Å². The molecule has 1 aliphatic rings. The van der Waals surface area contributed by atoms with Gasteiger partial charge in [0.15, 0.2) is 0 Å². The molecule has 5 heteroatoms. The first kappa shape index (κ1) is 20.2. The molecule has 0 radical (unpaired) electrons. The quantitative estimate of drug-likeness (QED) is 0.661. The molecule has 0 saturated carbocycles. The Bertz CT molecular complexity index is 743. The van der Waals surface area contributed by atoms with Crippen molar-refractivity contribution >= 4 is 29.1 Å². The highest BCUT2D eigenvalue weighted by Gasteiger charge is 2.24. The van der Waals surface area contributed by atoms with Crippen LogP contribution in [0.3, 0.4) is 0 Å². The third-order valence-electron chi connectivity index (χ3n) is 5.13. The predicted octanol–water partition coefficient (Wildman–Crippen LogP) is 4.95. The normalized spacial score (nSPS) is 15.6. The highest BCUT2D eigenvalue weighted by atomic mass is 35.5. The van der Waals surface area contributed by atoms with Crippen molar-refractivity contribution in [2.75, 3.05) is 19.6 Å². The van der Waals surface area contributed by atoms with Gasteiger partial charge in [0, 0.05) is 19.0 Å². The first-order valence-electron chi connectivity index (χ1n) is 9.60. The molecule has 3 nitrogen and oxygen atoms in total.